The third kappa shape index (κ3) is 2.66. The summed E-state index contributed by atoms with van der Waals surface area (Å²) in [7, 11) is 0. The minimum atomic E-state index is -0.760. The highest BCUT2D eigenvalue weighted by Gasteiger charge is 2.51. The molecule has 4 rings (SSSR count). The Balaban J connectivity index is 1.72. The molecule has 0 radical (unpaired) electrons. The van der Waals surface area contributed by atoms with E-state index in [0.29, 0.717) is 31.1 Å². The monoisotopic (exact) mass is 342 g/mol. The van der Waals surface area contributed by atoms with Gasteiger partial charge in [-0.1, -0.05) is 0 Å². The van der Waals surface area contributed by atoms with Gasteiger partial charge in [-0.15, -0.1) is 0 Å². The van der Waals surface area contributed by atoms with E-state index in [1.807, 2.05) is 0 Å². The molecule has 0 aromatic carbocycles. The van der Waals surface area contributed by atoms with E-state index in [2.05, 4.69) is 15.6 Å². The van der Waals surface area contributed by atoms with Crippen LogP contribution < -0.4 is 16.4 Å². The van der Waals surface area contributed by atoms with Crippen molar-refractivity contribution in [3.8, 4) is 0 Å². The number of aromatic nitrogens is 2. The summed E-state index contributed by atoms with van der Waals surface area (Å²) in [5.74, 6) is 1.16. The first-order chi connectivity index (χ1) is 12.2. The Morgan fingerprint density at radius 3 is 3.00 bits per heavy atom. The van der Waals surface area contributed by atoms with Crippen molar-refractivity contribution in [3.05, 3.63) is 29.4 Å². The molecule has 4 N–H and O–H groups in total. The fourth-order valence-corrected chi connectivity index (χ4v) is 3.66. The van der Waals surface area contributed by atoms with Gasteiger partial charge in [0.25, 0.3) is 0 Å². The number of carbonyl (C=O) groups is 2. The van der Waals surface area contributed by atoms with E-state index in [1.165, 1.54) is 23.9 Å². The molecule has 3 heterocycles. The van der Waals surface area contributed by atoms with Crippen LogP contribution in [0.2, 0.25) is 0 Å². The van der Waals surface area contributed by atoms with Crippen LogP contribution in [0.1, 0.15) is 30.5 Å². The third-order valence-corrected chi connectivity index (χ3v) is 5.31. The van der Waals surface area contributed by atoms with Crippen LogP contribution in [-0.2, 0) is 21.5 Å². The Morgan fingerprint density at radius 2 is 2.36 bits per heavy atom. The highest BCUT2D eigenvalue weighted by molar-refractivity contribution is 5.95. The van der Waals surface area contributed by atoms with E-state index in [4.69, 9.17) is 10.7 Å². The Hall–Kier alpha value is -2.48. The Morgan fingerprint density at radius 1 is 1.52 bits per heavy atom. The summed E-state index contributed by atoms with van der Waals surface area (Å²) in [6, 6.07) is 0. The van der Waals surface area contributed by atoms with Crippen LogP contribution in [0.4, 0.5) is 5.95 Å². The van der Waals surface area contributed by atoms with Crippen LogP contribution in [0, 0.1) is 5.92 Å². The smallest absolute Gasteiger partial charge is 0.241 e. The number of nitrogens with zero attached hydrogens (tertiary/aromatic N) is 3. The lowest BCUT2D eigenvalue weighted by molar-refractivity contribution is -0.137. The molecule has 1 aromatic heterocycles. The van der Waals surface area contributed by atoms with Crippen LogP contribution in [0.3, 0.4) is 0 Å². The quantitative estimate of drug-likeness (QED) is 0.504. The molecular weight excluding hydrogens is 320 g/mol. The minimum Gasteiger partial charge on any atom is -0.403 e. The van der Waals surface area contributed by atoms with E-state index in [-0.39, 0.29) is 18.1 Å². The molecule has 25 heavy (non-hydrogen) atoms. The number of carbonyl (C=O) groups excluding carboxylic acids is 2. The van der Waals surface area contributed by atoms with Crippen molar-refractivity contribution in [2.24, 2.45) is 11.7 Å². The molecule has 2 aliphatic heterocycles. The van der Waals surface area contributed by atoms with Gasteiger partial charge < -0.3 is 21.3 Å². The fourth-order valence-electron chi connectivity index (χ4n) is 3.66. The molecule has 1 spiro atoms. The molecule has 1 amide bonds. The summed E-state index contributed by atoms with van der Waals surface area (Å²) in [5, 5.41) is 6.54. The number of hydrogen-bond donors (Lipinski definition) is 3. The van der Waals surface area contributed by atoms with Gasteiger partial charge in [0.1, 0.15) is 5.41 Å². The second-order valence-corrected chi connectivity index (χ2v) is 7.00. The Labute approximate surface area is 145 Å². The predicted molar refractivity (Wildman–Crippen MR) is 91.3 cm³/mol. The topological polar surface area (TPSA) is 113 Å². The molecule has 1 saturated heterocycles. The lowest BCUT2D eigenvalue weighted by Gasteiger charge is -2.39. The normalized spacial score (nSPS) is 26.0. The van der Waals surface area contributed by atoms with Crippen molar-refractivity contribution < 1.29 is 9.59 Å². The van der Waals surface area contributed by atoms with E-state index < -0.39 is 5.41 Å². The fraction of sp³-hybridized carbons (Fsp3) is 0.529. The molecular formula is C17H22N6O2. The maximum atomic E-state index is 13.2. The lowest BCUT2D eigenvalue weighted by atomic mass is 9.77. The predicted octanol–water partition coefficient (Wildman–Crippen LogP) is -0.129. The average Bonchev–Trinajstić information content (AvgIpc) is 3.34. The molecule has 0 bridgehead atoms. The first-order valence-corrected chi connectivity index (χ1v) is 8.68. The van der Waals surface area contributed by atoms with Crippen molar-refractivity contribution in [1.82, 2.24) is 20.2 Å². The van der Waals surface area contributed by atoms with Crippen molar-refractivity contribution >= 4 is 18.1 Å². The van der Waals surface area contributed by atoms with Crippen LogP contribution >= 0.6 is 0 Å². The Bertz CT molecular complexity index is 737. The molecule has 1 atom stereocenters. The van der Waals surface area contributed by atoms with Gasteiger partial charge in [-0.05, 0) is 31.7 Å². The van der Waals surface area contributed by atoms with Gasteiger partial charge in [0.05, 0.1) is 17.9 Å². The molecule has 1 aromatic rings. The average molecular weight is 342 g/mol. The molecule has 8 nitrogen and oxygen atoms in total. The second-order valence-electron chi connectivity index (χ2n) is 7.00. The molecule has 2 fully saturated rings. The van der Waals surface area contributed by atoms with Gasteiger partial charge >= 0.3 is 0 Å². The zero-order valence-electron chi connectivity index (χ0n) is 14.0. The standard InChI is InChI=1S/C17H22N6O2/c18-5-13(9-24)23-8-12-7-21-16(20-6-11-1-2-11)22-14(12)17(15(23)25)3-4-19-10-17/h5,7,9,11,19H,1-4,6,8,10,18H2,(H,20,21,22). The third-order valence-electron chi connectivity index (χ3n) is 5.31. The maximum absolute atomic E-state index is 13.2. The first kappa shape index (κ1) is 16.0. The Kier molecular flexibility index (Phi) is 3.91. The molecule has 3 aliphatic rings. The number of nitrogens with two attached hydrogens (primary N) is 1. The van der Waals surface area contributed by atoms with Crippen molar-refractivity contribution in [3.63, 3.8) is 0 Å². The summed E-state index contributed by atoms with van der Waals surface area (Å²) < 4.78 is 0. The lowest BCUT2D eigenvalue weighted by Crippen LogP contribution is -2.52. The zero-order chi connectivity index (χ0) is 17.4. The van der Waals surface area contributed by atoms with Crippen LogP contribution in [-0.4, -0.2) is 46.7 Å². The zero-order valence-corrected chi connectivity index (χ0v) is 14.0. The number of hydrogen-bond acceptors (Lipinski definition) is 7. The van der Waals surface area contributed by atoms with Crippen molar-refractivity contribution in [2.75, 3.05) is 25.0 Å². The highest BCUT2D eigenvalue weighted by Crippen LogP contribution is 2.39. The summed E-state index contributed by atoms with van der Waals surface area (Å²) in [6.07, 6.45) is 6.70. The van der Waals surface area contributed by atoms with E-state index in [9.17, 15) is 9.59 Å². The number of aldehydes is 1. The number of anilines is 1. The van der Waals surface area contributed by atoms with E-state index in [1.54, 1.807) is 6.20 Å². The van der Waals surface area contributed by atoms with Crippen LogP contribution in [0.25, 0.3) is 0 Å². The number of amides is 1. The number of nitrogens with one attached hydrogen (secondary N) is 2. The van der Waals surface area contributed by atoms with Gasteiger partial charge in [-0.3, -0.25) is 9.59 Å². The number of fused-ring (bicyclic) bond motifs is 2. The summed E-state index contributed by atoms with van der Waals surface area (Å²) in [5.41, 5.74) is 6.59. The molecule has 1 unspecified atom stereocenters. The minimum absolute atomic E-state index is 0.124. The second kappa shape index (κ2) is 6.11. The molecule has 132 valence electrons. The molecule has 8 heteroatoms. The van der Waals surface area contributed by atoms with E-state index >= 15 is 0 Å². The largest absolute Gasteiger partial charge is 0.403 e. The van der Waals surface area contributed by atoms with Crippen molar-refractivity contribution in [2.45, 2.75) is 31.2 Å². The summed E-state index contributed by atoms with van der Waals surface area (Å²) in [6.45, 7) is 2.37. The summed E-state index contributed by atoms with van der Waals surface area (Å²) in [4.78, 5) is 35.1. The first-order valence-electron chi connectivity index (χ1n) is 8.68. The molecule has 1 aliphatic carbocycles. The van der Waals surface area contributed by atoms with Gasteiger partial charge in [0.15, 0.2) is 6.29 Å². The van der Waals surface area contributed by atoms with Gasteiger partial charge in [0.2, 0.25) is 11.9 Å². The molecule has 1 saturated carbocycles. The SMILES string of the molecule is NC=C(C=O)N1Cc2cnc(NCC3CC3)nc2C2(CCNC2)C1=O. The highest BCUT2D eigenvalue weighted by atomic mass is 16.2. The van der Waals surface area contributed by atoms with Crippen LogP contribution in [0.5, 0.6) is 0 Å². The van der Waals surface area contributed by atoms with E-state index in [0.717, 1.165) is 24.3 Å². The van der Waals surface area contributed by atoms with Crippen LogP contribution in [0.15, 0.2) is 18.1 Å². The number of allylic oxidation sites excluding steroid dienone is 1. The van der Waals surface area contributed by atoms with Gasteiger partial charge in [-0.25, -0.2) is 9.97 Å². The maximum Gasteiger partial charge on any atom is 0.241 e. The number of rotatable bonds is 5. The van der Waals surface area contributed by atoms with Gasteiger partial charge in [0, 0.05) is 31.0 Å². The summed E-state index contributed by atoms with van der Waals surface area (Å²) >= 11 is 0. The van der Waals surface area contributed by atoms with Gasteiger partial charge in [-0.2, -0.15) is 0 Å². The van der Waals surface area contributed by atoms with Crippen molar-refractivity contribution in [1.29, 1.82) is 0 Å².